The van der Waals surface area contributed by atoms with Crippen molar-refractivity contribution in [3.63, 3.8) is 0 Å². The highest BCUT2D eigenvalue weighted by molar-refractivity contribution is 5.58. The molecule has 1 aliphatic carbocycles. The molecule has 1 aliphatic rings. The average Bonchev–Trinajstić information content (AvgIpc) is 2.50. The van der Waals surface area contributed by atoms with Crippen LogP contribution in [0.4, 0.5) is 5.69 Å². The zero-order valence-corrected chi connectivity index (χ0v) is 12.4. The summed E-state index contributed by atoms with van der Waals surface area (Å²) >= 11 is 0. The van der Waals surface area contributed by atoms with Gasteiger partial charge in [0.25, 0.3) is 0 Å². The number of hydrogen-bond acceptors (Lipinski definition) is 1. The Morgan fingerprint density at radius 1 is 1.25 bits per heavy atom. The Morgan fingerprint density at radius 2 is 2.05 bits per heavy atom. The van der Waals surface area contributed by atoms with Crippen LogP contribution in [0.2, 0.25) is 0 Å². The van der Waals surface area contributed by atoms with Crippen LogP contribution in [0, 0.1) is 0 Å². The zero-order chi connectivity index (χ0) is 14.2. The smallest absolute Gasteiger partial charge is 0.0455 e. The Hall–Kier alpha value is -2.02. The maximum absolute atomic E-state index is 2.35. The average molecular weight is 265 g/mol. The summed E-state index contributed by atoms with van der Waals surface area (Å²) < 4.78 is 0. The summed E-state index contributed by atoms with van der Waals surface area (Å²) in [6.45, 7) is 4.33. The van der Waals surface area contributed by atoms with Crippen LogP contribution in [-0.4, -0.2) is 0 Å². The number of allylic oxidation sites excluding steroid dienone is 8. The van der Waals surface area contributed by atoms with Crippen molar-refractivity contribution in [1.82, 2.24) is 0 Å². The van der Waals surface area contributed by atoms with E-state index in [9.17, 15) is 0 Å². The standard InChI is InChI=1S/C19H23N/c1-3-4-7-12-17(2)20(18-13-8-5-9-14-18)19-15-10-6-11-16-19/h4-10,12-15H,3,11,16H2,1-2H3/b7-4-,17-12+. The normalized spacial score (nSPS) is 15.5. The molecular weight excluding hydrogens is 242 g/mol. The summed E-state index contributed by atoms with van der Waals surface area (Å²) in [7, 11) is 0. The third-order valence-corrected chi connectivity index (χ3v) is 3.36. The van der Waals surface area contributed by atoms with Gasteiger partial charge < -0.3 is 4.90 Å². The van der Waals surface area contributed by atoms with Crippen molar-refractivity contribution in [1.29, 1.82) is 0 Å². The van der Waals surface area contributed by atoms with Crippen molar-refractivity contribution in [2.45, 2.75) is 33.1 Å². The van der Waals surface area contributed by atoms with E-state index in [1.807, 2.05) is 0 Å². The van der Waals surface area contributed by atoms with E-state index in [2.05, 4.69) is 85.5 Å². The Kier molecular flexibility index (Phi) is 5.43. The summed E-state index contributed by atoms with van der Waals surface area (Å²) in [5.41, 5.74) is 3.84. The zero-order valence-electron chi connectivity index (χ0n) is 12.4. The molecule has 0 bridgehead atoms. The number of anilines is 1. The maximum Gasteiger partial charge on any atom is 0.0455 e. The Morgan fingerprint density at radius 3 is 2.70 bits per heavy atom. The Labute approximate surface area is 122 Å². The van der Waals surface area contributed by atoms with Crippen LogP contribution >= 0.6 is 0 Å². The summed E-state index contributed by atoms with van der Waals surface area (Å²) in [4.78, 5) is 2.35. The topological polar surface area (TPSA) is 3.24 Å². The SMILES string of the molecule is CC/C=C\C=C(/C)N(C1=CC=CCC1)c1ccccc1. The number of nitrogens with zero attached hydrogens (tertiary/aromatic N) is 1. The summed E-state index contributed by atoms with van der Waals surface area (Å²) in [6.07, 6.45) is 16.4. The highest BCUT2D eigenvalue weighted by atomic mass is 15.1. The first-order chi connectivity index (χ1) is 9.83. The summed E-state index contributed by atoms with van der Waals surface area (Å²) in [5, 5.41) is 0. The molecule has 0 aromatic heterocycles. The molecule has 0 atom stereocenters. The number of benzene rings is 1. The molecule has 0 fully saturated rings. The molecule has 0 N–H and O–H groups in total. The number of hydrogen-bond donors (Lipinski definition) is 0. The lowest BCUT2D eigenvalue weighted by molar-refractivity contribution is 0.892. The van der Waals surface area contributed by atoms with Gasteiger partial charge in [-0.25, -0.2) is 0 Å². The molecule has 104 valence electrons. The van der Waals surface area contributed by atoms with Crippen molar-refractivity contribution >= 4 is 5.69 Å². The molecule has 20 heavy (non-hydrogen) atoms. The van der Waals surface area contributed by atoms with Gasteiger partial charge in [0, 0.05) is 17.1 Å². The van der Waals surface area contributed by atoms with E-state index < -0.39 is 0 Å². The predicted octanol–water partition coefficient (Wildman–Crippen LogP) is 5.60. The quantitative estimate of drug-likeness (QED) is 0.627. The first-order valence-electron chi connectivity index (χ1n) is 7.37. The third-order valence-electron chi connectivity index (χ3n) is 3.36. The highest BCUT2D eigenvalue weighted by Gasteiger charge is 2.13. The van der Waals surface area contributed by atoms with Crippen LogP contribution in [-0.2, 0) is 0 Å². The molecule has 1 nitrogen and oxygen atoms in total. The van der Waals surface area contributed by atoms with E-state index in [0.29, 0.717) is 0 Å². The van der Waals surface area contributed by atoms with Crippen LogP contribution in [0.15, 0.2) is 78.2 Å². The van der Waals surface area contributed by atoms with E-state index in [1.54, 1.807) is 0 Å². The van der Waals surface area contributed by atoms with E-state index in [-0.39, 0.29) is 0 Å². The van der Waals surface area contributed by atoms with Gasteiger partial charge in [-0.1, -0.05) is 49.4 Å². The lowest BCUT2D eigenvalue weighted by Crippen LogP contribution is -2.20. The lowest BCUT2D eigenvalue weighted by atomic mass is 10.1. The monoisotopic (exact) mass is 265 g/mol. The fourth-order valence-electron chi connectivity index (χ4n) is 2.37. The van der Waals surface area contributed by atoms with Crippen LogP contribution in [0.25, 0.3) is 0 Å². The predicted molar refractivity (Wildman–Crippen MR) is 88.6 cm³/mol. The van der Waals surface area contributed by atoms with Crippen molar-refractivity contribution in [2.24, 2.45) is 0 Å². The van der Waals surface area contributed by atoms with E-state index in [1.165, 1.54) is 17.1 Å². The van der Waals surface area contributed by atoms with Gasteiger partial charge in [0.15, 0.2) is 0 Å². The van der Waals surface area contributed by atoms with Crippen LogP contribution < -0.4 is 4.90 Å². The minimum Gasteiger partial charge on any atom is -0.318 e. The fourth-order valence-corrected chi connectivity index (χ4v) is 2.37. The molecule has 0 aliphatic heterocycles. The van der Waals surface area contributed by atoms with E-state index >= 15 is 0 Å². The highest BCUT2D eigenvalue weighted by Crippen LogP contribution is 2.28. The first kappa shape index (κ1) is 14.4. The van der Waals surface area contributed by atoms with E-state index in [0.717, 1.165) is 19.3 Å². The number of para-hydroxylation sites is 1. The molecule has 0 amide bonds. The molecular formula is C19H23N. The van der Waals surface area contributed by atoms with Gasteiger partial charge in [-0.2, -0.15) is 0 Å². The largest absolute Gasteiger partial charge is 0.318 e. The molecule has 1 heteroatoms. The van der Waals surface area contributed by atoms with Gasteiger partial charge in [-0.05, 0) is 50.5 Å². The summed E-state index contributed by atoms with van der Waals surface area (Å²) in [5.74, 6) is 0. The van der Waals surface area contributed by atoms with Gasteiger partial charge >= 0.3 is 0 Å². The Balaban J connectivity index is 2.34. The second kappa shape index (κ2) is 7.54. The minimum absolute atomic E-state index is 1.07. The molecule has 2 rings (SSSR count). The van der Waals surface area contributed by atoms with Crippen molar-refractivity contribution in [3.05, 3.63) is 78.2 Å². The van der Waals surface area contributed by atoms with Crippen molar-refractivity contribution < 1.29 is 0 Å². The van der Waals surface area contributed by atoms with Gasteiger partial charge in [-0.3, -0.25) is 0 Å². The molecule has 0 unspecified atom stereocenters. The molecule has 1 aromatic carbocycles. The second-order valence-electron chi connectivity index (χ2n) is 4.94. The molecule has 0 radical (unpaired) electrons. The van der Waals surface area contributed by atoms with Gasteiger partial charge in [-0.15, -0.1) is 0 Å². The number of rotatable bonds is 5. The molecule has 0 heterocycles. The lowest BCUT2D eigenvalue weighted by Gasteiger charge is -2.29. The Bertz CT molecular complexity index is 532. The van der Waals surface area contributed by atoms with Crippen molar-refractivity contribution in [3.8, 4) is 0 Å². The molecule has 1 aromatic rings. The third kappa shape index (κ3) is 3.74. The van der Waals surface area contributed by atoms with Crippen LogP contribution in [0.5, 0.6) is 0 Å². The summed E-state index contributed by atoms with van der Waals surface area (Å²) in [6, 6.07) is 10.6. The van der Waals surface area contributed by atoms with E-state index in [4.69, 9.17) is 0 Å². The maximum atomic E-state index is 2.35. The van der Waals surface area contributed by atoms with Gasteiger partial charge in [0.2, 0.25) is 0 Å². The molecule has 0 spiro atoms. The molecule has 0 saturated carbocycles. The van der Waals surface area contributed by atoms with Gasteiger partial charge in [0.05, 0.1) is 0 Å². The fraction of sp³-hybridized carbons (Fsp3) is 0.263. The van der Waals surface area contributed by atoms with Gasteiger partial charge in [0.1, 0.15) is 0 Å². The van der Waals surface area contributed by atoms with Crippen LogP contribution in [0.3, 0.4) is 0 Å². The second-order valence-corrected chi connectivity index (χ2v) is 4.94. The minimum atomic E-state index is 1.07. The first-order valence-corrected chi connectivity index (χ1v) is 7.37. The van der Waals surface area contributed by atoms with Crippen LogP contribution in [0.1, 0.15) is 33.1 Å². The molecule has 0 saturated heterocycles. The van der Waals surface area contributed by atoms with Crippen molar-refractivity contribution in [2.75, 3.05) is 4.90 Å².